The smallest absolute Gasteiger partial charge is 0.310 e. The van der Waals surface area contributed by atoms with Crippen molar-refractivity contribution >= 4 is 27.5 Å². The zero-order valence-electron chi connectivity index (χ0n) is 9.11. The molecule has 1 N–H and O–H groups in total. The zero-order chi connectivity index (χ0) is 13.1. The molecule has 0 spiro atoms. The Hall–Kier alpha value is -0.260. The Labute approximate surface area is 111 Å². The number of benzene rings is 1. The maximum atomic E-state index is 12.1. The Morgan fingerprint density at radius 1 is 1.41 bits per heavy atom. The van der Waals surface area contributed by atoms with Crippen molar-refractivity contribution in [2.24, 2.45) is 0 Å². The van der Waals surface area contributed by atoms with Crippen LogP contribution in [0.4, 0.5) is 13.2 Å². The Kier molecular flexibility index (Phi) is 5.28. The highest BCUT2D eigenvalue weighted by Crippen LogP contribution is 2.24. The van der Waals surface area contributed by atoms with E-state index < -0.39 is 18.6 Å². The number of alkyl halides is 3. The van der Waals surface area contributed by atoms with Crippen molar-refractivity contribution in [3.8, 4) is 0 Å². The minimum absolute atomic E-state index is 0.365. The molecule has 0 aliphatic rings. The van der Waals surface area contributed by atoms with E-state index in [-0.39, 0.29) is 0 Å². The van der Waals surface area contributed by atoms with E-state index in [9.17, 15) is 13.2 Å². The Balaban J connectivity index is 2.47. The van der Waals surface area contributed by atoms with Gasteiger partial charge in [0.15, 0.2) is 0 Å². The number of rotatable bonds is 4. The molecular formula is C11H12BrClF3N. The molecular weight excluding hydrogens is 318 g/mol. The van der Waals surface area contributed by atoms with Crippen molar-refractivity contribution in [2.75, 3.05) is 0 Å². The average molecular weight is 331 g/mol. The molecule has 1 atom stereocenters. The van der Waals surface area contributed by atoms with E-state index in [0.29, 0.717) is 11.6 Å². The zero-order valence-corrected chi connectivity index (χ0v) is 11.5. The fourth-order valence-corrected chi connectivity index (χ4v) is 1.81. The van der Waals surface area contributed by atoms with Crippen LogP contribution in [0.2, 0.25) is 5.02 Å². The van der Waals surface area contributed by atoms with E-state index in [1.807, 2.05) is 6.07 Å². The van der Waals surface area contributed by atoms with E-state index in [1.165, 1.54) is 6.92 Å². The number of hydrogen-bond donors (Lipinski definition) is 1. The number of hydrogen-bond acceptors (Lipinski definition) is 1. The van der Waals surface area contributed by atoms with E-state index in [1.54, 1.807) is 12.1 Å². The molecule has 6 heteroatoms. The van der Waals surface area contributed by atoms with Crippen molar-refractivity contribution in [1.82, 2.24) is 5.32 Å². The highest BCUT2D eigenvalue weighted by molar-refractivity contribution is 9.10. The van der Waals surface area contributed by atoms with E-state index in [2.05, 4.69) is 21.2 Å². The molecule has 0 heterocycles. The summed E-state index contributed by atoms with van der Waals surface area (Å²) in [7, 11) is 0. The molecule has 96 valence electrons. The second kappa shape index (κ2) is 6.07. The van der Waals surface area contributed by atoms with Gasteiger partial charge in [0.1, 0.15) is 0 Å². The first-order valence-electron chi connectivity index (χ1n) is 5.02. The fourth-order valence-electron chi connectivity index (χ4n) is 1.36. The summed E-state index contributed by atoms with van der Waals surface area (Å²) in [6, 6.07) is 4.69. The first-order valence-corrected chi connectivity index (χ1v) is 6.19. The quantitative estimate of drug-likeness (QED) is 0.855. The van der Waals surface area contributed by atoms with Crippen molar-refractivity contribution in [2.45, 2.75) is 32.1 Å². The molecule has 1 aromatic carbocycles. The predicted molar refractivity (Wildman–Crippen MR) is 66.1 cm³/mol. The standard InChI is InChI=1S/C11H12BrClF3N/c1-7(5-11(14,15)16)17-6-8-2-3-9(12)10(13)4-8/h2-4,7,17H,5-6H2,1H3. The van der Waals surface area contributed by atoms with Gasteiger partial charge in [0.05, 0.1) is 11.4 Å². The molecule has 0 fully saturated rings. The van der Waals surface area contributed by atoms with Gasteiger partial charge in [-0.1, -0.05) is 17.7 Å². The maximum Gasteiger partial charge on any atom is 0.390 e. The summed E-state index contributed by atoms with van der Waals surface area (Å²) in [6.45, 7) is 1.87. The molecule has 0 radical (unpaired) electrons. The molecule has 0 aliphatic carbocycles. The van der Waals surface area contributed by atoms with Gasteiger partial charge >= 0.3 is 6.18 Å². The monoisotopic (exact) mass is 329 g/mol. The number of halogens is 5. The van der Waals surface area contributed by atoms with Crippen LogP contribution in [0.3, 0.4) is 0 Å². The minimum Gasteiger partial charge on any atom is -0.310 e. The van der Waals surface area contributed by atoms with Gasteiger partial charge in [-0.2, -0.15) is 13.2 Å². The van der Waals surface area contributed by atoms with Crippen molar-refractivity contribution in [3.05, 3.63) is 33.3 Å². The third kappa shape index (κ3) is 5.75. The Bertz CT molecular complexity index is 381. The largest absolute Gasteiger partial charge is 0.390 e. The van der Waals surface area contributed by atoms with Gasteiger partial charge in [0.25, 0.3) is 0 Å². The van der Waals surface area contributed by atoms with E-state index in [0.717, 1.165) is 10.0 Å². The lowest BCUT2D eigenvalue weighted by Gasteiger charge is -2.16. The second-order valence-electron chi connectivity index (χ2n) is 3.85. The van der Waals surface area contributed by atoms with Crippen LogP contribution in [-0.2, 0) is 6.54 Å². The van der Waals surface area contributed by atoms with Gasteiger partial charge in [-0.15, -0.1) is 0 Å². The van der Waals surface area contributed by atoms with E-state index >= 15 is 0 Å². The van der Waals surface area contributed by atoms with Crippen LogP contribution >= 0.6 is 27.5 Å². The molecule has 0 amide bonds. The molecule has 0 aliphatic heterocycles. The molecule has 17 heavy (non-hydrogen) atoms. The Morgan fingerprint density at radius 2 is 2.06 bits per heavy atom. The normalized spacial score (nSPS) is 13.8. The molecule has 0 saturated heterocycles. The van der Waals surface area contributed by atoms with E-state index in [4.69, 9.17) is 11.6 Å². The van der Waals surface area contributed by atoms with Gasteiger partial charge < -0.3 is 5.32 Å². The van der Waals surface area contributed by atoms with Crippen LogP contribution in [0.5, 0.6) is 0 Å². The lowest BCUT2D eigenvalue weighted by Crippen LogP contribution is -2.30. The molecule has 0 bridgehead atoms. The second-order valence-corrected chi connectivity index (χ2v) is 5.11. The van der Waals surface area contributed by atoms with Crippen LogP contribution in [0.15, 0.2) is 22.7 Å². The molecule has 0 aromatic heterocycles. The first-order chi connectivity index (χ1) is 7.78. The average Bonchev–Trinajstić information content (AvgIpc) is 2.17. The van der Waals surface area contributed by atoms with Crippen molar-refractivity contribution in [3.63, 3.8) is 0 Å². The molecule has 1 unspecified atom stereocenters. The van der Waals surface area contributed by atoms with Gasteiger partial charge in [-0.05, 0) is 40.5 Å². The molecule has 1 aromatic rings. The van der Waals surface area contributed by atoms with Crippen LogP contribution in [0.25, 0.3) is 0 Å². The summed E-state index contributed by atoms with van der Waals surface area (Å²) >= 11 is 9.13. The summed E-state index contributed by atoms with van der Waals surface area (Å²) in [5.41, 5.74) is 0.854. The minimum atomic E-state index is -4.14. The lowest BCUT2D eigenvalue weighted by atomic mass is 10.2. The first kappa shape index (κ1) is 14.8. The Morgan fingerprint density at radius 3 is 2.59 bits per heavy atom. The predicted octanol–water partition coefficient (Wildman–Crippen LogP) is 4.53. The third-order valence-electron chi connectivity index (χ3n) is 2.18. The molecule has 0 saturated carbocycles. The summed E-state index contributed by atoms with van der Waals surface area (Å²) < 4.78 is 37.0. The molecule has 1 rings (SSSR count). The van der Waals surface area contributed by atoms with Gasteiger partial charge in [0.2, 0.25) is 0 Å². The van der Waals surface area contributed by atoms with Crippen LogP contribution in [0, 0.1) is 0 Å². The van der Waals surface area contributed by atoms with Crippen molar-refractivity contribution < 1.29 is 13.2 Å². The summed E-state index contributed by atoms with van der Waals surface area (Å²) in [5.74, 6) is 0. The van der Waals surface area contributed by atoms with Crippen molar-refractivity contribution in [1.29, 1.82) is 0 Å². The van der Waals surface area contributed by atoms with Crippen LogP contribution in [-0.4, -0.2) is 12.2 Å². The third-order valence-corrected chi connectivity index (χ3v) is 3.41. The van der Waals surface area contributed by atoms with Gasteiger partial charge in [-0.3, -0.25) is 0 Å². The summed E-state index contributed by atoms with van der Waals surface area (Å²) in [5, 5.41) is 3.36. The highest BCUT2D eigenvalue weighted by atomic mass is 79.9. The topological polar surface area (TPSA) is 12.0 Å². The number of nitrogens with one attached hydrogen (secondary N) is 1. The van der Waals surface area contributed by atoms with Crippen LogP contribution < -0.4 is 5.32 Å². The fraction of sp³-hybridized carbons (Fsp3) is 0.455. The van der Waals surface area contributed by atoms with Gasteiger partial charge in [-0.25, -0.2) is 0 Å². The summed E-state index contributed by atoms with van der Waals surface area (Å²) in [4.78, 5) is 0. The summed E-state index contributed by atoms with van der Waals surface area (Å²) in [6.07, 6.45) is -4.97. The highest BCUT2D eigenvalue weighted by Gasteiger charge is 2.29. The van der Waals surface area contributed by atoms with Crippen LogP contribution in [0.1, 0.15) is 18.9 Å². The SMILES string of the molecule is CC(CC(F)(F)F)NCc1ccc(Br)c(Cl)c1. The van der Waals surface area contributed by atoms with Gasteiger partial charge in [0, 0.05) is 17.1 Å². The molecule has 1 nitrogen and oxygen atoms in total. The maximum absolute atomic E-state index is 12.1. The lowest BCUT2D eigenvalue weighted by molar-refractivity contribution is -0.139.